The Kier molecular flexibility index (Phi) is 9.85. The molecule has 1 fully saturated rings. The Labute approximate surface area is 180 Å². The number of primary amides is 1. The predicted octanol–water partition coefficient (Wildman–Crippen LogP) is -2.34. The van der Waals surface area contributed by atoms with Crippen LogP contribution in [-0.2, 0) is 24.0 Å². The van der Waals surface area contributed by atoms with Crippen molar-refractivity contribution in [3.63, 3.8) is 0 Å². The summed E-state index contributed by atoms with van der Waals surface area (Å²) in [5.41, 5.74) is 10.6. The number of carbonyl (C=O) groups excluding carboxylic acids is 4. The Hall–Kier alpha value is -2.73. The van der Waals surface area contributed by atoms with Gasteiger partial charge in [0.25, 0.3) is 0 Å². The van der Waals surface area contributed by atoms with Crippen LogP contribution >= 0.6 is 0 Å². The molecule has 0 spiro atoms. The van der Waals surface area contributed by atoms with E-state index in [9.17, 15) is 34.2 Å². The summed E-state index contributed by atoms with van der Waals surface area (Å²) in [6.07, 6.45) is -0.409. The molecule has 1 aliphatic rings. The van der Waals surface area contributed by atoms with Crippen LogP contribution in [0.5, 0.6) is 0 Å². The van der Waals surface area contributed by atoms with E-state index in [0.717, 1.165) is 0 Å². The molecule has 6 unspecified atom stereocenters. The molecule has 0 aliphatic carbocycles. The second-order valence-corrected chi connectivity index (χ2v) is 7.90. The van der Waals surface area contributed by atoms with Gasteiger partial charge in [0.2, 0.25) is 23.6 Å². The van der Waals surface area contributed by atoms with E-state index in [1.54, 1.807) is 6.92 Å². The van der Waals surface area contributed by atoms with Gasteiger partial charge >= 0.3 is 5.97 Å². The maximum Gasteiger partial charge on any atom is 0.326 e. The number of aliphatic hydroxyl groups is 1. The quantitative estimate of drug-likeness (QED) is 0.203. The van der Waals surface area contributed by atoms with Crippen LogP contribution in [0.2, 0.25) is 0 Å². The average Bonchev–Trinajstić information content (AvgIpc) is 3.18. The highest BCUT2D eigenvalue weighted by molar-refractivity contribution is 5.95. The minimum Gasteiger partial charge on any atom is -0.480 e. The van der Waals surface area contributed by atoms with E-state index >= 15 is 0 Å². The molecule has 31 heavy (non-hydrogen) atoms. The number of nitrogens with two attached hydrogens (primary N) is 2. The zero-order valence-corrected chi connectivity index (χ0v) is 18.0. The van der Waals surface area contributed by atoms with Crippen LogP contribution in [-0.4, -0.2) is 81.5 Å². The van der Waals surface area contributed by atoms with E-state index in [1.807, 2.05) is 6.92 Å². The SMILES string of the molecule is CCC(C)C(NC(=O)C(NC(=O)C(N)CC(N)=O)C(C)O)C(=O)N1CCCC1C(=O)O. The van der Waals surface area contributed by atoms with Gasteiger partial charge in [0, 0.05) is 6.54 Å². The summed E-state index contributed by atoms with van der Waals surface area (Å²) in [6.45, 7) is 5.07. The van der Waals surface area contributed by atoms with Crippen molar-refractivity contribution in [3.8, 4) is 0 Å². The number of hydrogen-bond acceptors (Lipinski definition) is 7. The zero-order valence-electron chi connectivity index (χ0n) is 18.0. The van der Waals surface area contributed by atoms with Crippen molar-refractivity contribution < 1.29 is 34.2 Å². The van der Waals surface area contributed by atoms with Gasteiger partial charge in [-0.2, -0.15) is 0 Å². The molecule has 0 saturated carbocycles. The highest BCUT2D eigenvalue weighted by Crippen LogP contribution is 2.21. The number of nitrogens with zero attached hydrogens (tertiary/aromatic N) is 1. The molecule has 176 valence electrons. The van der Waals surface area contributed by atoms with Crippen LogP contribution in [0.1, 0.15) is 46.5 Å². The topological polar surface area (TPSA) is 205 Å². The van der Waals surface area contributed by atoms with E-state index in [0.29, 0.717) is 19.3 Å². The molecule has 4 amide bonds. The van der Waals surface area contributed by atoms with E-state index < -0.39 is 66.3 Å². The van der Waals surface area contributed by atoms with Crippen LogP contribution in [0.15, 0.2) is 0 Å². The fourth-order valence-electron chi connectivity index (χ4n) is 3.37. The Morgan fingerprint density at radius 2 is 1.68 bits per heavy atom. The lowest BCUT2D eigenvalue weighted by Gasteiger charge is -2.32. The fraction of sp³-hybridized carbons (Fsp3) is 0.737. The van der Waals surface area contributed by atoms with Crippen LogP contribution in [0.4, 0.5) is 0 Å². The lowest BCUT2D eigenvalue weighted by atomic mass is 9.96. The van der Waals surface area contributed by atoms with Crippen LogP contribution in [0, 0.1) is 5.92 Å². The van der Waals surface area contributed by atoms with Gasteiger partial charge in [0.15, 0.2) is 0 Å². The molecule has 1 heterocycles. The minimum absolute atomic E-state index is 0.261. The molecule has 1 saturated heterocycles. The molecule has 1 aliphatic heterocycles. The maximum atomic E-state index is 13.1. The van der Waals surface area contributed by atoms with E-state index in [1.165, 1.54) is 11.8 Å². The maximum absolute atomic E-state index is 13.1. The fourth-order valence-corrected chi connectivity index (χ4v) is 3.37. The first kappa shape index (κ1) is 26.3. The Morgan fingerprint density at radius 3 is 2.16 bits per heavy atom. The summed E-state index contributed by atoms with van der Waals surface area (Å²) in [6, 6.07) is -4.76. The van der Waals surface area contributed by atoms with Gasteiger partial charge in [0.1, 0.15) is 18.1 Å². The molecule has 0 aromatic carbocycles. The van der Waals surface area contributed by atoms with Gasteiger partial charge in [-0.1, -0.05) is 20.3 Å². The molecule has 6 atom stereocenters. The van der Waals surface area contributed by atoms with E-state index in [-0.39, 0.29) is 12.5 Å². The van der Waals surface area contributed by atoms with Crippen LogP contribution in [0.25, 0.3) is 0 Å². The third-order valence-corrected chi connectivity index (χ3v) is 5.42. The molecule has 0 aromatic rings. The van der Waals surface area contributed by atoms with E-state index in [4.69, 9.17) is 11.5 Å². The second kappa shape index (κ2) is 11.6. The first-order valence-corrected chi connectivity index (χ1v) is 10.3. The van der Waals surface area contributed by atoms with Gasteiger partial charge in [-0.15, -0.1) is 0 Å². The summed E-state index contributed by atoms with van der Waals surface area (Å²) < 4.78 is 0. The molecule has 0 bridgehead atoms. The van der Waals surface area contributed by atoms with Crippen molar-refractivity contribution in [2.45, 2.75) is 76.7 Å². The van der Waals surface area contributed by atoms with Crippen LogP contribution < -0.4 is 22.1 Å². The summed E-state index contributed by atoms with van der Waals surface area (Å²) >= 11 is 0. The number of carboxylic acid groups (broad SMARTS) is 1. The number of aliphatic hydroxyl groups excluding tert-OH is 1. The lowest BCUT2D eigenvalue weighted by molar-refractivity contribution is -0.150. The molecule has 12 heteroatoms. The molecule has 0 aromatic heterocycles. The molecule has 12 nitrogen and oxygen atoms in total. The molecular formula is C19H33N5O7. The third kappa shape index (κ3) is 7.17. The van der Waals surface area contributed by atoms with Crippen molar-refractivity contribution in [2.24, 2.45) is 17.4 Å². The number of likely N-dealkylation sites (tertiary alicyclic amines) is 1. The monoisotopic (exact) mass is 443 g/mol. The van der Waals surface area contributed by atoms with Gasteiger partial charge in [-0.3, -0.25) is 19.2 Å². The standard InChI is InChI=1S/C19H33N5O7/c1-4-9(2)14(18(29)24-7-5-6-12(24)19(30)31)22-17(28)15(10(3)25)23-16(27)11(20)8-13(21)26/h9-12,14-15,25H,4-8,20H2,1-3H3,(H2,21,26)(H,22,28)(H,23,27)(H,30,31). The third-order valence-electron chi connectivity index (χ3n) is 5.42. The summed E-state index contributed by atoms with van der Waals surface area (Å²) in [7, 11) is 0. The first-order chi connectivity index (χ1) is 14.4. The number of carboxylic acids is 1. The summed E-state index contributed by atoms with van der Waals surface area (Å²) in [4.78, 5) is 61.7. The predicted molar refractivity (Wildman–Crippen MR) is 109 cm³/mol. The Balaban J connectivity index is 2.99. The number of aliphatic carboxylic acids is 1. The lowest BCUT2D eigenvalue weighted by Crippen LogP contribution is -2.61. The van der Waals surface area contributed by atoms with Crippen molar-refractivity contribution >= 4 is 29.6 Å². The molecule has 1 rings (SSSR count). The molecule has 8 N–H and O–H groups in total. The largest absolute Gasteiger partial charge is 0.480 e. The average molecular weight is 444 g/mol. The van der Waals surface area contributed by atoms with E-state index in [2.05, 4.69) is 10.6 Å². The Morgan fingerprint density at radius 1 is 1.10 bits per heavy atom. The Bertz CT molecular complexity index is 699. The van der Waals surface area contributed by atoms with Gasteiger partial charge in [-0.05, 0) is 25.7 Å². The van der Waals surface area contributed by atoms with Gasteiger partial charge < -0.3 is 37.2 Å². The summed E-state index contributed by atoms with van der Waals surface area (Å²) in [5.74, 6) is -4.49. The summed E-state index contributed by atoms with van der Waals surface area (Å²) in [5, 5.41) is 24.2. The van der Waals surface area contributed by atoms with Crippen molar-refractivity contribution in [3.05, 3.63) is 0 Å². The number of amides is 4. The smallest absolute Gasteiger partial charge is 0.326 e. The number of rotatable bonds is 11. The molecule has 0 radical (unpaired) electrons. The highest BCUT2D eigenvalue weighted by atomic mass is 16.4. The zero-order chi connectivity index (χ0) is 23.9. The van der Waals surface area contributed by atoms with Crippen LogP contribution in [0.3, 0.4) is 0 Å². The van der Waals surface area contributed by atoms with Gasteiger partial charge in [-0.25, -0.2) is 4.79 Å². The number of nitrogens with one attached hydrogen (secondary N) is 2. The van der Waals surface area contributed by atoms with Crippen molar-refractivity contribution in [1.82, 2.24) is 15.5 Å². The number of carbonyl (C=O) groups is 5. The minimum atomic E-state index is -1.44. The molecular weight excluding hydrogens is 410 g/mol. The first-order valence-electron chi connectivity index (χ1n) is 10.3. The highest BCUT2D eigenvalue weighted by Gasteiger charge is 2.40. The normalized spacial score (nSPS) is 20.8. The van der Waals surface area contributed by atoms with Crippen molar-refractivity contribution in [1.29, 1.82) is 0 Å². The van der Waals surface area contributed by atoms with Crippen molar-refractivity contribution in [2.75, 3.05) is 6.54 Å². The number of hydrogen-bond donors (Lipinski definition) is 6. The van der Waals surface area contributed by atoms with Gasteiger partial charge in [0.05, 0.1) is 18.6 Å². The second-order valence-electron chi connectivity index (χ2n) is 7.90.